The number of anilines is 1. The lowest BCUT2D eigenvalue weighted by molar-refractivity contribution is -0.0514. The van der Waals surface area contributed by atoms with Crippen LogP contribution >= 0.6 is 0 Å². The average Bonchev–Trinajstić information content (AvgIpc) is 2.41. The van der Waals surface area contributed by atoms with Crippen molar-refractivity contribution >= 4 is 11.8 Å². The maximum Gasteiger partial charge on any atom is 0.412 e. The number of halogens is 2. The molecular weight excluding hydrogens is 302 g/mol. The molecular formula is C17H24F2N2O2. The third-order valence-electron chi connectivity index (χ3n) is 3.96. The van der Waals surface area contributed by atoms with E-state index in [9.17, 15) is 13.6 Å². The van der Waals surface area contributed by atoms with Gasteiger partial charge >= 0.3 is 6.09 Å². The Balaban J connectivity index is 2.09. The van der Waals surface area contributed by atoms with Crippen molar-refractivity contribution in [2.45, 2.75) is 63.5 Å². The van der Waals surface area contributed by atoms with Gasteiger partial charge in [-0.05, 0) is 51.3 Å². The molecule has 6 heteroatoms. The van der Waals surface area contributed by atoms with Crippen molar-refractivity contribution in [1.82, 2.24) is 0 Å². The Bertz CT molecular complexity index is 572. The van der Waals surface area contributed by atoms with Gasteiger partial charge in [0.15, 0.2) is 0 Å². The Morgan fingerprint density at radius 2 is 1.83 bits per heavy atom. The zero-order chi connectivity index (χ0) is 17.3. The summed E-state index contributed by atoms with van der Waals surface area (Å²) in [6, 6.07) is 7.01. The highest BCUT2D eigenvalue weighted by atomic mass is 19.3. The number of carbonyl (C=O) groups excluding carboxylic acids is 1. The molecule has 23 heavy (non-hydrogen) atoms. The molecule has 128 valence electrons. The first-order chi connectivity index (χ1) is 10.5. The van der Waals surface area contributed by atoms with E-state index in [0.29, 0.717) is 5.69 Å². The summed E-state index contributed by atoms with van der Waals surface area (Å²) in [6.07, 6.45) is -0.553. The van der Waals surface area contributed by atoms with E-state index in [-0.39, 0.29) is 25.7 Å². The van der Waals surface area contributed by atoms with E-state index in [0.717, 1.165) is 5.56 Å². The minimum Gasteiger partial charge on any atom is -0.444 e. The first kappa shape index (κ1) is 17.7. The summed E-state index contributed by atoms with van der Waals surface area (Å²) < 4.78 is 31.9. The first-order valence-corrected chi connectivity index (χ1v) is 7.76. The van der Waals surface area contributed by atoms with E-state index in [1.807, 2.05) is 6.07 Å². The van der Waals surface area contributed by atoms with Crippen molar-refractivity contribution < 1.29 is 18.3 Å². The molecule has 1 aromatic carbocycles. The van der Waals surface area contributed by atoms with Crippen molar-refractivity contribution in [3.8, 4) is 0 Å². The average molecular weight is 326 g/mol. The molecule has 4 nitrogen and oxygen atoms in total. The van der Waals surface area contributed by atoms with Crippen LogP contribution in [0.2, 0.25) is 0 Å². The summed E-state index contributed by atoms with van der Waals surface area (Å²) in [5, 5.41) is 2.65. The lowest BCUT2D eigenvalue weighted by atomic mass is 9.76. The number of hydrogen-bond acceptors (Lipinski definition) is 3. The van der Waals surface area contributed by atoms with Gasteiger partial charge in [0.05, 0.1) is 0 Å². The summed E-state index contributed by atoms with van der Waals surface area (Å²) in [6.45, 7) is 5.33. The molecule has 0 bridgehead atoms. The molecule has 0 unspecified atom stereocenters. The Labute approximate surface area is 135 Å². The lowest BCUT2D eigenvalue weighted by Gasteiger charge is -2.37. The molecule has 0 radical (unpaired) electrons. The molecule has 0 atom stereocenters. The zero-order valence-electron chi connectivity index (χ0n) is 13.8. The third-order valence-corrected chi connectivity index (χ3v) is 3.96. The smallest absolute Gasteiger partial charge is 0.412 e. The molecule has 1 aromatic rings. The number of rotatable bonds is 2. The molecule has 1 amide bonds. The van der Waals surface area contributed by atoms with Gasteiger partial charge in [0, 0.05) is 24.1 Å². The Morgan fingerprint density at radius 1 is 1.22 bits per heavy atom. The minimum atomic E-state index is -2.63. The van der Waals surface area contributed by atoms with Crippen LogP contribution < -0.4 is 11.1 Å². The van der Waals surface area contributed by atoms with E-state index >= 15 is 0 Å². The van der Waals surface area contributed by atoms with Crippen LogP contribution in [-0.4, -0.2) is 17.6 Å². The zero-order valence-corrected chi connectivity index (χ0v) is 13.8. The quantitative estimate of drug-likeness (QED) is 0.847. The molecule has 0 saturated heterocycles. The van der Waals surface area contributed by atoms with Crippen molar-refractivity contribution in [2.24, 2.45) is 5.73 Å². The van der Waals surface area contributed by atoms with Crippen LogP contribution in [0.1, 0.15) is 52.0 Å². The predicted molar refractivity (Wildman–Crippen MR) is 85.6 cm³/mol. The molecule has 1 fully saturated rings. The highest BCUT2D eigenvalue weighted by molar-refractivity contribution is 5.85. The van der Waals surface area contributed by atoms with Gasteiger partial charge in [-0.3, -0.25) is 5.32 Å². The topological polar surface area (TPSA) is 64.3 Å². The number of hydrogen-bond donors (Lipinski definition) is 2. The van der Waals surface area contributed by atoms with Crippen molar-refractivity contribution in [2.75, 3.05) is 5.32 Å². The Kier molecular flexibility index (Phi) is 4.66. The standard InChI is InChI=1S/C17H24F2N2O2/c1-15(2,3)23-14(22)21-13-6-4-5-12(11-13)16(20)7-9-17(18,19)10-8-16/h4-6,11H,7-10,20H2,1-3H3,(H,21,22). The van der Waals surface area contributed by atoms with Gasteiger partial charge < -0.3 is 10.5 Å². The van der Waals surface area contributed by atoms with Gasteiger partial charge in [-0.2, -0.15) is 0 Å². The maximum atomic E-state index is 13.3. The number of nitrogens with two attached hydrogens (primary N) is 1. The first-order valence-electron chi connectivity index (χ1n) is 7.76. The van der Waals surface area contributed by atoms with E-state index < -0.39 is 23.2 Å². The van der Waals surface area contributed by atoms with Crippen LogP contribution in [0.4, 0.5) is 19.3 Å². The summed E-state index contributed by atoms with van der Waals surface area (Å²) in [7, 11) is 0. The second-order valence-corrected chi connectivity index (χ2v) is 7.22. The van der Waals surface area contributed by atoms with Gasteiger partial charge in [-0.15, -0.1) is 0 Å². The normalized spacial score (nSPS) is 19.9. The molecule has 3 N–H and O–H groups in total. The van der Waals surface area contributed by atoms with Crippen LogP contribution in [0.25, 0.3) is 0 Å². The molecule has 1 saturated carbocycles. The number of alkyl halides is 2. The molecule has 2 rings (SSSR count). The van der Waals surface area contributed by atoms with Crippen molar-refractivity contribution in [3.63, 3.8) is 0 Å². The summed E-state index contributed by atoms with van der Waals surface area (Å²) in [4.78, 5) is 11.8. The van der Waals surface area contributed by atoms with Gasteiger partial charge in [-0.1, -0.05) is 12.1 Å². The van der Waals surface area contributed by atoms with Gasteiger partial charge in [0.25, 0.3) is 0 Å². The Hall–Kier alpha value is -1.69. The number of ether oxygens (including phenoxy) is 1. The molecule has 0 aromatic heterocycles. The maximum absolute atomic E-state index is 13.3. The molecule has 0 aliphatic heterocycles. The van der Waals surface area contributed by atoms with Gasteiger partial charge in [0.2, 0.25) is 5.92 Å². The fourth-order valence-electron chi connectivity index (χ4n) is 2.68. The van der Waals surface area contributed by atoms with E-state index in [1.54, 1.807) is 39.0 Å². The predicted octanol–water partition coefficient (Wildman–Crippen LogP) is 4.40. The summed E-state index contributed by atoms with van der Waals surface area (Å²) >= 11 is 0. The molecule has 0 heterocycles. The highest BCUT2D eigenvalue weighted by Gasteiger charge is 2.42. The van der Waals surface area contributed by atoms with Crippen molar-refractivity contribution in [3.05, 3.63) is 29.8 Å². The van der Waals surface area contributed by atoms with Crippen LogP contribution in [0.5, 0.6) is 0 Å². The SMILES string of the molecule is CC(C)(C)OC(=O)Nc1cccc(C2(N)CCC(F)(F)CC2)c1. The fraction of sp³-hybridized carbons (Fsp3) is 0.588. The third kappa shape index (κ3) is 4.89. The Morgan fingerprint density at radius 3 is 2.39 bits per heavy atom. The van der Waals surface area contributed by atoms with Crippen LogP contribution in [0, 0.1) is 0 Å². The van der Waals surface area contributed by atoms with Gasteiger partial charge in [-0.25, -0.2) is 13.6 Å². The monoisotopic (exact) mass is 326 g/mol. The van der Waals surface area contributed by atoms with Crippen LogP contribution in [-0.2, 0) is 10.3 Å². The largest absolute Gasteiger partial charge is 0.444 e. The summed E-state index contributed by atoms with van der Waals surface area (Å²) in [5.74, 6) is -2.63. The second kappa shape index (κ2) is 6.07. The van der Waals surface area contributed by atoms with Crippen LogP contribution in [0.3, 0.4) is 0 Å². The van der Waals surface area contributed by atoms with Crippen molar-refractivity contribution in [1.29, 1.82) is 0 Å². The fourth-order valence-corrected chi connectivity index (χ4v) is 2.68. The van der Waals surface area contributed by atoms with E-state index in [2.05, 4.69) is 5.32 Å². The summed E-state index contributed by atoms with van der Waals surface area (Å²) in [5.41, 5.74) is 6.24. The number of amides is 1. The molecule has 1 aliphatic carbocycles. The molecule has 0 spiro atoms. The number of carbonyl (C=O) groups is 1. The highest BCUT2D eigenvalue weighted by Crippen LogP contribution is 2.42. The van der Waals surface area contributed by atoms with E-state index in [4.69, 9.17) is 10.5 Å². The minimum absolute atomic E-state index is 0.215. The lowest BCUT2D eigenvalue weighted by Crippen LogP contribution is -2.43. The molecule has 1 aliphatic rings. The second-order valence-electron chi connectivity index (χ2n) is 7.22. The van der Waals surface area contributed by atoms with Gasteiger partial charge in [0.1, 0.15) is 5.60 Å². The number of benzene rings is 1. The van der Waals surface area contributed by atoms with Crippen LogP contribution in [0.15, 0.2) is 24.3 Å². The van der Waals surface area contributed by atoms with E-state index in [1.165, 1.54) is 0 Å². The number of nitrogens with one attached hydrogen (secondary N) is 1.